The zero-order valence-corrected chi connectivity index (χ0v) is 16.4. The Morgan fingerprint density at radius 2 is 1.52 bits per heavy atom. The normalized spacial score (nSPS) is 11.4. The summed E-state index contributed by atoms with van der Waals surface area (Å²) in [6.07, 6.45) is 0. The monoisotopic (exact) mass is 375 g/mol. The Morgan fingerprint density at radius 3 is 2.15 bits per heavy atom. The SMILES string of the molecule is COc1ccc(OC)c(NC(=O)C[NH+](C)Cc2ccc(OC)cc2OC)c1. The minimum absolute atomic E-state index is 0.119. The van der Waals surface area contributed by atoms with E-state index in [2.05, 4.69) is 5.32 Å². The summed E-state index contributed by atoms with van der Waals surface area (Å²) >= 11 is 0. The predicted octanol–water partition coefficient (Wildman–Crippen LogP) is 1.37. The van der Waals surface area contributed by atoms with Crippen LogP contribution in [0.25, 0.3) is 0 Å². The molecule has 2 rings (SSSR count). The quantitative estimate of drug-likeness (QED) is 0.693. The molecule has 0 aliphatic heterocycles. The van der Waals surface area contributed by atoms with Crippen molar-refractivity contribution in [3.63, 3.8) is 0 Å². The standard InChI is InChI=1S/C20H26N2O5/c1-22(12-14-6-7-16(25-3)11-19(14)27-5)13-20(23)21-17-10-15(24-2)8-9-18(17)26-4/h6-11H,12-13H2,1-5H3,(H,21,23)/p+1. The molecule has 0 aromatic heterocycles. The number of hydrogen-bond donors (Lipinski definition) is 2. The van der Waals surface area contributed by atoms with Crippen LogP contribution >= 0.6 is 0 Å². The Balaban J connectivity index is 2.02. The van der Waals surface area contributed by atoms with Crippen LogP contribution in [0.4, 0.5) is 5.69 Å². The van der Waals surface area contributed by atoms with E-state index in [1.54, 1.807) is 46.6 Å². The fourth-order valence-electron chi connectivity index (χ4n) is 2.77. The molecule has 2 aromatic rings. The predicted molar refractivity (Wildman–Crippen MR) is 103 cm³/mol. The lowest BCUT2D eigenvalue weighted by Crippen LogP contribution is -3.08. The van der Waals surface area contributed by atoms with E-state index in [1.165, 1.54) is 0 Å². The smallest absolute Gasteiger partial charge is 0.279 e. The van der Waals surface area contributed by atoms with Crippen LogP contribution in [-0.2, 0) is 11.3 Å². The van der Waals surface area contributed by atoms with Crippen LogP contribution in [0.5, 0.6) is 23.0 Å². The molecule has 0 heterocycles. The molecule has 0 bridgehead atoms. The van der Waals surface area contributed by atoms with Crippen LogP contribution in [0.3, 0.4) is 0 Å². The second-order valence-electron chi connectivity index (χ2n) is 6.10. The summed E-state index contributed by atoms with van der Waals surface area (Å²) in [6, 6.07) is 10.9. The van der Waals surface area contributed by atoms with Gasteiger partial charge in [0.05, 0.1) is 41.2 Å². The zero-order valence-electron chi connectivity index (χ0n) is 16.4. The minimum atomic E-state index is -0.119. The van der Waals surface area contributed by atoms with E-state index in [-0.39, 0.29) is 12.5 Å². The number of amides is 1. The highest BCUT2D eigenvalue weighted by Gasteiger charge is 2.16. The second kappa shape index (κ2) is 9.68. The van der Waals surface area contributed by atoms with Crippen molar-refractivity contribution in [2.45, 2.75) is 6.54 Å². The van der Waals surface area contributed by atoms with E-state index in [0.717, 1.165) is 22.0 Å². The Bertz CT molecular complexity index is 779. The number of anilines is 1. The van der Waals surface area contributed by atoms with Gasteiger partial charge in [0.1, 0.15) is 29.5 Å². The molecule has 7 heteroatoms. The Labute approximate surface area is 159 Å². The van der Waals surface area contributed by atoms with Gasteiger partial charge in [-0.1, -0.05) is 0 Å². The van der Waals surface area contributed by atoms with Crippen molar-refractivity contribution in [2.75, 3.05) is 47.3 Å². The van der Waals surface area contributed by atoms with Gasteiger partial charge in [0.2, 0.25) is 0 Å². The number of carbonyl (C=O) groups is 1. The van der Waals surface area contributed by atoms with Crippen molar-refractivity contribution in [3.05, 3.63) is 42.0 Å². The molecule has 27 heavy (non-hydrogen) atoms. The molecular weight excluding hydrogens is 348 g/mol. The lowest BCUT2D eigenvalue weighted by molar-refractivity contribution is -0.885. The highest BCUT2D eigenvalue weighted by molar-refractivity contribution is 5.93. The van der Waals surface area contributed by atoms with Crippen LogP contribution in [0.2, 0.25) is 0 Å². The Hall–Kier alpha value is -2.93. The van der Waals surface area contributed by atoms with Crippen molar-refractivity contribution in [2.24, 2.45) is 0 Å². The summed E-state index contributed by atoms with van der Waals surface area (Å²) in [5, 5.41) is 2.88. The maximum atomic E-state index is 12.5. The highest BCUT2D eigenvalue weighted by Crippen LogP contribution is 2.28. The van der Waals surface area contributed by atoms with Crippen LogP contribution in [0, 0.1) is 0 Å². The molecule has 0 spiro atoms. The van der Waals surface area contributed by atoms with Crippen molar-refractivity contribution >= 4 is 11.6 Å². The van der Waals surface area contributed by atoms with Gasteiger partial charge in [0, 0.05) is 17.7 Å². The molecule has 0 fully saturated rings. The van der Waals surface area contributed by atoms with Crippen molar-refractivity contribution in [1.82, 2.24) is 0 Å². The average Bonchev–Trinajstić information content (AvgIpc) is 2.67. The maximum absolute atomic E-state index is 12.5. The van der Waals surface area contributed by atoms with Crippen LogP contribution in [0.15, 0.2) is 36.4 Å². The Kier molecular flexibility index (Phi) is 7.31. The summed E-state index contributed by atoms with van der Waals surface area (Å²) in [7, 11) is 8.32. The van der Waals surface area contributed by atoms with E-state index in [1.807, 2.05) is 25.2 Å². The number of methoxy groups -OCH3 is 4. The summed E-state index contributed by atoms with van der Waals surface area (Å²) in [6.45, 7) is 0.922. The molecule has 146 valence electrons. The first-order valence-corrected chi connectivity index (χ1v) is 8.54. The molecule has 0 aliphatic rings. The van der Waals surface area contributed by atoms with Gasteiger partial charge in [-0.2, -0.15) is 0 Å². The maximum Gasteiger partial charge on any atom is 0.279 e. The average molecular weight is 375 g/mol. The van der Waals surface area contributed by atoms with Crippen molar-refractivity contribution in [3.8, 4) is 23.0 Å². The molecule has 0 saturated heterocycles. The number of hydrogen-bond acceptors (Lipinski definition) is 5. The van der Waals surface area contributed by atoms with Crippen LogP contribution < -0.4 is 29.2 Å². The van der Waals surface area contributed by atoms with Crippen molar-refractivity contribution in [1.29, 1.82) is 0 Å². The van der Waals surface area contributed by atoms with E-state index < -0.39 is 0 Å². The van der Waals surface area contributed by atoms with Gasteiger partial charge >= 0.3 is 0 Å². The zero-order chi connectivity index (χ0) is 19.8. The number of ether oxygens (including phenoxy) is 4. The van der Waals surface area contributed by atoms with E-state index in [4.69, 9.17) is 18.9 Å². The number of nitrogens with one attached hydrogen (secondary N) is 2. The molecule has 7 nitrogen and oxygen atoms in total. The summed E-state index contributed by atoms with van der Waals surface area (Å²) in [5.41, 5.74) is 1.58. The van der Waals surface area contributed by atoms with Gasteiger partial charge < -0.3 is 29.2 Å². The third-order valence-corrected chi connectivity index (χ3v) is 4.13. The molecule has 0 aliphatic carbocycles. The number of quaternary nitrogens is 1. The fourth-order valence-corrected chi connectivity index (χ4v) is 2.77. The van der Waals surface area contributed by atoms with Gasteiger partial charge in [-0.25, -0.2) is 0 Å². The van der Waals surface area contributed by atoms with Gasteiger partial charge in [0.25, 0.3) is 5.91 Å². The molecule has 2 N–H and O–H groups in total. The third kappa shape index (κ3) is 5.52. The highest BCUT2D eigenvalue weighted by atomic mass is 16.5. The lowest BCUT2D eigenvalue weighted by atomic mass is 10.1. The topological polar surface area (TPSA) is 70.5 Å². The number of likely N-dealkylation sites (N-methyl/N-ethyl adjacent to an activating group) is 1. The molecule has 0 saturated carbocycles. The van der Waals surface area contributed by atoms with Gasteiger partial charge in [-0.05, 0) is 24.3 Å². The molecule has 0 radical (unpaired) electrons. The third-order valence-electron chi connectivity index (χ3n) is 4.13. The minimum Gasteiger partial charge on any atom is -0.497 e. The van der Waals surface area contributed by atoms with E-state index in [0.29, 0.717) is 23.7 Å². The number of carbonyl (C=O) groups excluding carboxylic acids is 1. The summed E-state index contributed by atoms with van der Waals surface area (Å²) in [5.74, 6) is 2.58. The van der Waals surface area contributed by atoms with Gasteiger partial charge in [-0.3, -0.25) is 4.79 Å². The lowest BCUT2D eigenvalue weighted by Gasteiger charge is -2.17. The van der Waals surface area contributed by atoms with Crippen molar-refractivity contribution < 1.29 is 28.6 Å². The number of rotatable bonds is 9. The van der Waals surface area contributed by atoms with E-state index >= 15 is 0 Å². The summed E-state index contributed by atoms with van der Waals surface area (Å²) < 4.78 is 21.1. The fraction of sp³-hybridized carbons (Fsp3) is 0.350. The van der Waals surface area contributed by atoms with Gasteiger partial charge in [0.15, 0.2) is 6.54 Å². The van der Waals surface area contributed by atoms with Crippen LogP contribution in [0.1, 0.15) is 5.56 Å². The first kappa shape index (κ1) is 20.4. The first-order chi connectivity index (χ1) is 13.0. The van der Waals surface area contributed by atoms with Gasteiger partial charge in [-0.15, -0.1) is 0 Å². The molecule has 1 unspecified atom stereocenters. The first-order valence-electron chi connectivity index (χ1n) is 8.54. The number of benzene rings is 2. The largest absolute Gasteiger partial charge is 0.497 e. The molecule has 2 aromatic carbocycles. The van der Waals surface area contributed by atoms with E-state index in [9.17, 15) is 4.79 Å². The molecular formula is C20H27N2O5+. The second-order valence-corrected chi connectivity index (χ2v) is 6.10. The summed E-state index contributed by atoms with van der Waals surface area (Å²) in [4.78, 5) is 13.5. The molecule has 1 atom stereocenters. The van der Waals surface area contributed by atoms with Crippen LogP contribution in [-0.4, -0.2) is 47.9 Å². The Morgan fingerprint density at radius 1 is 0.889 bits per heavy atom. The molecule has 1 amide bonds.